The molecule has 4 nitrogen and oxygen atoms in total. The van der Waals surface area contributed by atoms with Crippen molar-refractivity contribution in [3.8, 4) is 0 Å². The van der Waals surface area contributed by atoms with Crippen LogP contribution in [-0.4, -0.2) is 22.1 Å². The maximum absolute atomic E-state index is 12.2. The van der Waals surface area contributed by atoms with Crippen LogP contribution in [0.3, 0.4) is 0 Å². The molecule has 2 N–H and O–H groups in total. The van der Waals surface area contributed by atoms with E-state index < -0.39 is 0 Å². The van der Waals surface area contributed by atoms with Crippen LogP contribution in [0.15, 0.2) is 12.4 Å². The summed E-state index contributed by atoms with van der Waals surface area (Å²) in [6, 6.07) is 0. The number of hydrogen-bond acceptors (Lipinski definition) is 3. The zero-order valence-corrected chi connectivity index (χ0v) is 10.4. The quantitative estimate of drug-likeness (QED) is 0.810. The summed E-state index contributed by atoms with van der Waals surface area (Å²) in [5.41, 5.74) is 6.43. The maximum Gasteiger partial charge on any atom is 0.169 e. The summed E-state index contributed by atoms with van der Waals surface area (Å²) in [7, 11) is 0. The van der Waals surface area contributed by atoms with Gasteiger partial charge in [-0.2, -0.15) is 5.10 Å². The molecule has 2 rings (SSSR count). The maximum atomic E-state index is 12.2. The first-order chi connectivity index (χ1) is 8.24. The lowest BCUT2D eigenvalue weighted by molar-refractivity contribution is 0.0873. The lowest BCUT2D eigenvalue weighted by Gasteiger charge is -2.26. The zero-order chi connectivity index (χ0) is 12.3. The van der Waals surface area contributed by atoms with E-state index in [0.717, 1.165) is 44.3 Å². The molecule has 1 saturated carbocycles. The van der Waals surface area contributed by atoms with Gasteiger partial charge in [-0.05, 0) is 45.1 Å². The number of ketones is 1. The molecule has 1 aliphatic carbocycles. The van der Waals surface area contributed by atoms with Crippen LogP contribution < -0.4 is 5.73 Å². The number of hydrogen-bond donors (Lipinski definition) is 1. The summed E-state index contributed by atoms with van der Waals surface area (Å²) in [6.07, 6.45) is 7.71. The van der Waals surface area contributed by atoms with Gasteiger partial charge >= 0.3 is 0 Å². The molecule has 1 aromatic heterocycles. The van der Waals surface area contributed by atoms with E-state index in [0.29, 0.717) is 5.92 Å². The molecule has 0 atom stereocenters. The molecule has 1 aliphatic rings. The van der Waals surface area contributed by atoms with Crippen molar-refractivity contribution in [2.24, 2.45) is 17.6 Å². The summed E-state index contributed by atoms with van der Waals surface area (Å²) in [6.45, 7) is 3.59. The molecule has 1 fully saturated rings. The van der Waals surface area contributed by atoms with Gasteiger partial charge in [0.15, 0.2) is 5.78 Å². The normalized spacial score (nSPS) is 24.8. The predicted molar refractivity (Wildman–Crippen MR) is 66.7 cm³/mol. The number of aromatic nitrogens is 2. The van der Waals surface area contributed by atoms with Crippen LogP contribution in [0.2, 0.25) is 0 Å². The third-order valence-corrected chi connectivity index (χ3v) is 3.79. The highest BCUT2D eigenvalue weighted by Gasteiger charge is 2.26. The van der Waals surface area contributed by atoms with Gasteiger partial charge < -0.3 is 5.73 Å². The summed E-state index contributed by atoms with van der Waals surface area (Å²) in [4.78, 5) is 12.2. The van der Waals surface area contributed by atoms with Gasteiger partial charge in [0.2, 0.25) is 0 Å². The molecule has 17 heavy (non-hydrogen) atoms. The highest BCUT2D eigenvalue weighted by atomic mass is 16.1. The van der Waals surface area contributed by atoms with Gasteiger partial charge in [-0.15, -0.1) is 0 Å². The number of nitrogens with two attached hydrogens (primary N) is 1. The van der Waals surface area contributed by atoms with Crippen LogP contribution >= 0.6 is 0 Å². The number of carbonyl (C=O) groups excluding carboxylic acids is 1. The average Bonchev–Trinajstić information content (AvgIpc) is 2.87. The second-order valence-corrected chi connectivity index (χ2v) is 4.90. The van der Waals surface area contributed by atoms with Gasteiger partial charge in [-0.3, -0.25) is 9.48 Å². The van der Waals surface area contributed by atoms with Crippen LogP contribution in [-0.2, 0) is 6.54 Å². The van der Waals surface area contributed by atoms with Gasteiger partial charge in [0, 0.05) is 18.7 Å². The van der Waals surface area contributed by atoms with Gasteiger partial charge in [-0.1, -0.05) is 0 Å². The highest BCUT2D eigenvalue weighted by molar-refractivity contribution is 5.97. The van der Waals surface area contributed by atoms with E-state index in [1.165, 1.54) is 0 Å². The third kappa shape index (κ3) is 2.75. The highest BCUT2D eigenvalue weighted by Crippen LogP contribution is 2.30. The second kappa shape index (κ2) is 5.45. The summed E-state index contributed by atoms with van der Waals surface area (Å²) in [5, 5.41) is 4.16. The first-order valence-corrected chi connectivity index (χ1v) is 6.51. The van der Waals surface area contributed by atoms with Crippen molar-refractivity contribution >= 4 is 5.78 Å². The van der Waals surface area contributed by atoms with Gasteiger partial charge in [0.05, 0.1) is 11.8 Å². The van der Waals surface area contributed by atoms with Crippen LogP contribution in [0.1, 0.15) is 43.0 Å². The fraction of sp³-hybridized carbons (Fsp3) is 0.692. The first kappa shape index (κ1) is 12.3. The van der Waals surface area contributed by atoms with Crippen molar-refractivity contribution in [3.63, 3.8) is 0 Å². The molecule has 0 unspecified atom stereocenters. The van der Waals surface area contributed by atoms with E-state index >= 15 is 0 Å². The second-order valence-electron chi connectivity index (χ2n) is 4.90. The Bertz CT molecular complexity index is 378. The van der Waals surface area contributed by atoms with Crippen LogP contribution in [0, 0.1) is 11.8 Å². The molecular weight excluding hydrogens is 214 g/mol. The average molecular weight is 235 g/mol. The van der Waals surface area contributed by atoms with Gasteiger partial charge in [-0.25, -0.2) is 0 Å². The van der Waals surface area contributed by atoms with Crippen LogP contribution in [0.5, 0.6) is 0 Å². The molecule has 0 aromatic carbocycles. The van der Waals surface area contributed by atoms with Gasteiger partial charge in [0.25, 0.3) is 0 Å². The van der Waals surface area contributed by atoms with Crippen LogP contribution in [0.25, 0.3) is 0 Å². The van der Waals surface area contributed by atoms with E-state index in [1.807, 2.05) is 13.1 Å². The van der Waals surface area contributed by atoms with E-state index in [9.17, 15) is 4.79 Å². The molecular formula is C13H21N3O. The predicted octanol–water partition coefficient (Wildman–Crippen LogP) is 1.85. The van der Waals surface area contributed by atoms with Gasteiger partial charge in [0.1, 0.15) is 0 Å². The Kier molecular flexibility index (Phi) is 3.94. The molecule has 0 spiro atoms. The van der Waals surface area contributed by atoms with E-state index in [-0.39, 0.29) is 11.7 Å². The monoisotopic (exact) mass is 235 g/mol. The number of aryl methyl sites for hydroxylation is 1. The number of Topliss-reactive ketones (excluding diaryl/α,β-unsaturated/α-hetero) is 1. The molecule has 0 amide bonds. The first-order valence-electron chi connectivity index (χ1n) is 6.51. The van der Waals surface area contributed by atoms with Crippen molar-refractivity contribution < 1.29 is 4.79 Å². The minimum Gasteiger partial charge on any atom is -0.330 e. The van der Waals surface area contributed by atoms with Crippen molar-refractivity contribution in [1.29, 1.82) is 0 Å². The Balaban J connectivity index is 1.96. The Morgan fingerprint density at radius 3 is 2.71 bits per heavy atom. The third-order valence-electron chi connectivity index (χ3n) is 3.79. The Morgan fingerprint density at radius 1 is 1.47 bits per heavy atom. The smallest absolute Gasteiger partial charge is 0.169 e. The largest absolute Gasteiger partial charge is 0.330 e. The number of nitrogens with zero attached hydrogens (tertiary/aromatic N) is 2. The molecule has 1 heterocycles. The molecule has 1 aromatic rings. The molecule has 0 saturated heterocycles. The van der Waals surface area contributed by atoms with Crippen molar-refractivity contribution in [2.45, 2.75) is 39.2 Å². The topological polar surface area (TPSA) is 60.9 Å². The van der Waals surface area contributed by atoms with Crippen molar-refractivity contribution in [1.82, 2.24) is 9.78 Å². The minimum absolute atomic E-state index is 0.187. The van der Waals surface area contributed by atoms with Crippen molar-refractivity contribution in [2.75, 3.05) is 6.54 Å². The molecule has 0 aliphatic heterocycles. The number of rotatable bonds is 4. The van der Waals surface area contributed by atoms with E-state index in [2.05, 4.69) is 5.10 Å². The standard InChI is InChI=1S/C13H21N3O/c1-2-16-9-12(8-15-16)13(17)11-5-3-10(7-14)4-6-11/h8-11H,2-7,14H2,1H3. The summed E-state index contributed by atoms with van der Waals surface area (Å²) in [5.74, 6) is 1.07. The Morgan fingerprint density at radius 2 is 2.18 bits per heavy atom. The lowest BCUT2D eigenvalue weighted by Crippen LogP contribution is -2.25. The SMILES string of the molecule is CCn1cc(C(=O)C2CCC(CN)CC2)cn1. The molecule has 94 valence electrons. The van der Waals surface area contributed by atoms with E-state index in [1.54, 1.807) is 10.9 Å². The molecule has 4 heteroatoms. The Hall–Kier alpha value is -1.16. The van der Waals surface area contributed by atoms with Crippen molar-refractivity contribution in [3.05, 3.63) is 18.0 Å². The lowest BCUT2D eigenvalue weighted by atomic mass is 9.79. The summed E-state index contributed by atoms with van der Waals surface area (Å²) >= 11 is 0. The zero-order valence-electron chi connectivity index (χ0n) is 10.4. The molecule has 0 radical (unpaired) electrons. The summed E-state index contributed by atoms with van der Waals surface area (Å²) < 4.78 is 1.80. The minimum atomic E-state index is 0.187. The number of carbonyl (C=O) groups is 1. The molecule has 0 bridgehead atoms. The van der Waals surface area contributed by atoms with Crippen LogP contribution in [0.4, 0.5) is 0 Å². The fourth-order valence-electron chi connectivity index (χ4n) is 2.56. The Labute approximate surface area is 102 Å². The van der Waals surface area contributed by atoms with E-state index in [4.69, 9.17) is 5.73 Å². The fourth-order valence-corrected chi connectivity index (χ4v) is 2.56.